The molecule has 2 amide bonds. The van der Waals surface area contributed by atoms with Gasteiger partial charge < -0.3 is 20.5 Å². The number of hydrogen-bond acceptors (Lipinski definition) is 3. The van der Waals surface area contributed by atoms with Gasteiger partial charge in [-0.05, 0) is 13.3 Å². The summed E-state index contributed by atoms with van der Waals surface area (Å²) < 4.78 is 5.05. The predicted octanol–water partition coefficient (Wildman–Crippen LogP) is 0.0930. The lowest BCUT2D eigenvalue weighted by Gasteiger charge is -2.14. The van der Waals surface area contributed by atoms with Crippen molar-refractivity contribution in [3.63, 3.8) is 0 Å². The van der Waals surface area contributed by atoms with E-state index in [9.17, 15) is 4.79 Å². The maximum atomic E-state index is 11.1. The number of carbonyl (C=O) groups is 1. The Kier molecular flexibility index (Phi) is 8.27. The van der Waals surface area contributed by atoms with Gasteiger partial charge in [0.25, 0.3) is 0 Å². The fraction of sp³-hybridized carbons (Fsp3) is 0.889. The van der Waals surface area contributed by atoms with Gasteiger partial charge in [-0.3, -0.25) is 0 Å². The molecule has 14 heavy (non-hydrogen) atoms. The van der Waals surface area contributed by atoms with Crippen LogP contribution in [0, 0.1) is 0 Å². The van der Waals surface area contributed by atoms with E-state index in [1.54, 1.807) is 0 Å². The first-order chi connectivity index (χ1) is 6.74. The van der Waals surface area contributed by atoms with Gasteiger partial charge in [-0.2, -0.15) is 0 Å². The molecule has 0 saturated carbocycles. The largest absolute Gasteiger partial charge is 0.394 e. The molecule has 1 unspecified atom stereocenters. The first-order valence-electron chi connectivity index (χ1n) is 4.97. The van der Waals surface area contributed by atoms with Gasteiger partial charge >= 0.3 is 6.03 Å². The molecule has 5 heteroatoms. The third-order valence-electron chi connectivity index (χ3n) is 1.78. The number of amides is 2. The number of hydrogen-bond donors (Lipinski definition) is 3. The maximum absolute atomic E-state index is 11.1. The highest BCUT2D eigenvalue weighted by Crippen LogP contribution is 1.87. The SMILES string of the molecule is CCOCCNC(=O)NC(CC)CO. The summed E-state index contributed by atoms with van der Waals surface area (Å²) in [5.41, 5.74) is 0. The monoisotopic (exact) mass is 204 g/mol. The van der Waals surface area contributed by atoms with E-state index in [4.69, 9.17) is 9.84 Å². The molecule has 0 heterocycles. The van der Waals surface area contributed by atoms with Gasteiger partial charge in [-0.1, -0.05) is 6.92 Å². The van der Waals surface area contributed by atoms with Gasteiger partial charge in [0.2, 0.25) is 0 Å². The molecule has 0 spiro atoms. The average molecular weight is 204 g/mol. The molecular formula is C9H20N2O3. The van der Waals surface area contributed by atoms with Crippen molar-refractivity contribution in [1.29, 1.82) is 0 Å². The molecule has 0 bridgehead atoms. The number of nitrogens with one attached hydrogen (secondary N) is 2. The van der Waals surface area contributed by atoms with E-state index in [0.717, 1.165) is 6.42 Å². The van der Waals surface area contributed by atoms with E-state index in [-0.39, 0.29) is 18.7 Å². The van der Waals surface area contributed by atoms with E-state index in [1.807, 2.05) is 13.8 Å². The van der Waals surface area contributed by atoms with Gasteiger partial charge in [0.1, 0.15) is 0 Å². The molecule has 0 radical (unpaired) electrons. The van der Waals surface area contributed by atoms with Crippen LogP contribution in [0.3, 0.4) is 0 Å². The van der Waals surface area contributed by atoms with E-state index < -0.39 is 0 Å². The molecule has 0 aliphatic rings. The fourth-order valence-corrected chi connectivity index (χ4v) is 0.894. The second-order valence-corrected chi connectivity index (χ2v) is 2.88. The van der Waals surface area contributed by atoms with Gasteiger partial charge in [-0.15, -0.1) is 0 Å². The molecule has 0 fully saturated rings. The van der Waals surface area contributed by atoms with Crippen LogP contribution in [-0.4, -0.2) is 43.5 Å². The molecule has 0 rings (SSSR count). The summed E-state index contributed by atoms with van der Waals surface area (Å²) in [4.78, 5) is 11.1. The Morgan fingerprint density at radius 1 is 1.50 bits per heavy atom. The first-order valence-corrected chi connectivity index (χ1v) is 4.97. The van der Waals surface area contributed by atoms with E-state index >= 15 is 0 Å². The van der Waals surface area contributed by atoms with E-state index in [0.29, 0.717) is 19.8 Å². The van der Waals surface area contributed by atoms with Crippen LogP contribution in [0.25, 0.3) is 0 Å². The zero-order valence-electron chi connectivity index (χ0n) is 8.88. The quantitative estimate of drug-likeness (QED) is 0.515. The van der Waals surface area contributed by atoms with Crippen LogP contribution in [0.4, 0.5) is 4.79 Å². The highest BCUT2D eigenvalue weighted by Gasteiger charge is 2.07. The highest BCUT2D eigenvalue weighted by molar-refractivity contribution is 5.74. The molecule has 0 aliphatic carbocycles. The minimum atomic E-state index is -0.259. The Bertz CT molecular complexity index is 149. The topological polar surface area (TPSA) is 70.6 Å². The number of urea groups is 1. The zero-order chi connectivity index (χ0) is 10.8. The summed E-state index contributed by atoms with van der Waals surface area (Å²) >= 11 is 0. The van der Waals surface area contributed by atoms with Crippen molar-refractivity contribution in [3.05, 3.63) is 0 Å². The van der Waals surface area contributed by atoms with E-state index in [2.05, 4.69) is 10.6 Å². The fourth-order valence-electron chi connectivity index (χ4n) is 0.894. The summed E-state index contributed by atoms with van der Waals surface area (Å²) in [5.74, 6) is 0. The lowest BCUT2D eigenvalue weighted by molar-refractivity contribution is 0.148. The third kappa shape index (κ3) is 6.68. The van der Waals surface area contributed by atoms with Crippen molar-refractivity contribution < 1.29 is 14.6 Å². The molecular weight excluding hydrogens is 184 g/mol. The van der Waals surface area contributed by atoms with E-state index in [1.165, 1.54) is 0 Å². The minimum absolute atomic E-state index is 0.0324. The Balaban J connectivity index is 3.44. The average Bonchev–Trinajstić information content (AvgIpc) is 2.21. The molecule has 0 aromatic heterocycles. The van der Waals surface area contributed by atoms with Crippen molar-refractivity contribution in [2.45, 2.75) is 26.3 Å². The Labute approximate surface area is 84.8 Å². The van der Waals surface area contributed by atoms with Crippen LogP contribution >= 0.6 is 0 Å². The molecule has 5 nitrogen and oxygen atoms in total. The molecule has 0 saturated heterocycles. The number of carbonyl (C=O) groups excluding carboxylic acids is 1. The molecule has 0 aromatic carbocycles. The van der Waals surface area contributed by atoms with Gasteiger partial charge in [0.05, 0.1) is 19.3 Å². The zero-order valence-corrected chi connectivity index (χ0v) is 8.88. The van der Waals surface area contributed by atoms with Crippen LogP contribution in [0.1, 0.15) is 20.3 Å². The highest BCUT2D eigenvalue weighted by atomic mass is 16.5. The smallest absolute Gasteiger partial charge is 0.315 e. The molecule has 3 N–H and O–H groups in total. The molecule has 1 atom stereocenters. The first kappa shape index (κ1) is 13.2. The minimum Gasteiger partial charge on any atom is -0.394 e. The number of aliphatic hydroxyl groups excluding tert-OH is 1. The summed E-state index contributed by atoms with van der Waals surface area (Å²) in [6, 6.07) is -0.423. The van der Waals surface area contributed by atoms with Gasteiger partial charge in [-0.25, -0.2) is 4.79 Å². The van der Waals surface area contributed by atoms with Crippen molar-refractivity contribution >= 4 is 6.03 Å². The van der Waals surface area contributed by atoms with Gasteiger partial charge in [0, 0.05) is 13.2 Å². The summed E-state index contributed by atoms with van der Waals surface area (Å²) in [6.45, 7) is 5.43. The summed E-state index contributed by atoms with van der Waals surface area (Å²) in [7, 11) is 0. The van der Waals surface area contributed by atoms with Gasteiger partial charge in [0.15, 0.2) is 0 Å². The second kappa shape index (κ2) is 8.77. The number of rotatable bonds is 7. The number of aliphatic hydroxyl groups is 1. The standard InChI is InChI=1S/C9H20N2O3/c1-3-8(7-12)11-9(13)10-5-6-14-4-2/h8,12H,3-7H2,1-2H3,(H2,10,11,13). The molecule has 0 aromatic rings. The normalized spacial score (nSPS) is 12.2. The van der Waals surface area contributed by atoms with Crippen LogP contribution in [0.15, 0.2) is 0 Å². The van der Waals surface area contributed by atoms with Crippen molar-refractivity contribution in [2.75, 3.05) is 26.4 Å². The summed E-state index contributed by atoms with van der Waals surface area (Å²) in [6.07, 6.45) is 0.718. The van der Waals surface area contributed by atoms with Crippen molar-refractivity contribution in [3.8, 4) is 0 Å². The predicted molar refractivity (Wildman–Crippen MR) is 54.2 cm³/mol. The Hall–Kier alpha value is -0.810. The Morgan fingerprint density at radius 2 is 2.21 bits per heavy atom. The molecule has 84 valence electrons. The van der Waals surface area contributed by atoms with Crippen molar-refractivity contribution in [2.24, 2.45) is 0 Å². The van der Waals surface area contributed by atoms with Crippen LogP contribution in [0.5, 0.6) is 0 Å². The lowest BCUT2D eigenvalue weighted by atomic mass is 10.2. The third-order valence-corrected chi connectivity index (χ3v) is 1.78. The lowest BCUT2D eigenvalue weighted by Crippen LogP contribution is -2.44. The summed E-state index contributed by atoms with van der Waals surface area (Å²) in [5, 5.41) is 14.1. The van der Waals surface area contributed by atoms with Crippen LogP contribution in [-0.2, 0) is 4.74 Å². The van der Waals surface area contributed by atoms with Crippen LogP contribution < -0.4 is 10.6 Å². The Morgan fingerprint density at radius 3 is 2.71 bits per heavy atom. The number of ether oxygens (including phenoxy) is 1. The second-order valence-electron chi connectivity index (χ2n) is 2.88. The molecule has 0 aliphatic heterocycles. The van der Waals surface area contributed by atoms with Crippen molar-refractivity contribution in [1.82, 2.24) is 10.6 Å². The maximum Gasteiger partial charge on any atom is 0.315 e. The van der Waals surface area contributed by atoms with Crippen LogP contribution in [0.2, 0.25) is 0 Å².